The van der Waals surface area contributed by atoms with Crippen LogP contribution in [-0.2, 0) is 11.2 Å². The number of rotatable bonds is 4. The molecule has 0 aliphatic heterocycles. The molecule has 1 aromatic heterocycles. The highest BCUT2D eigenvalue weighted by molar-refractivity contribution is 7.13. The third-order valence-corrected chi connectivity index (χ3v) is 2.80. The van der Waals surface area contributed by atoms with E-state index in [0.29, 0.717) is 17.2 Å². The summed E-state index contributed by atoms with van der Waals surface area (Å²) in [6, 6.07) is 6.93. The lowest BCUT2D eigenvalue weighted by Gasteiger charge is -2.03. The number of aldehydes is 1. The number of hydrogen-bond donors (Lipinski definition) is 2. The van der Waals surface area contributed by atoms with Gasteiger partial charge >= 0.3 is 0 Å². The molecule has 0 spiro atoms. The van der Waals surface area contributed by atoms with E-state index in [-0.39, 0.29) is 5.75 Å². The molecule has 16 heavy (non-hydrogen) atoms. The molecule has 0 bridgehead atoms. The molecular weight excluding hydrogens is 224 g/mol. The summed E-state index contributed by atoms with van der Waals surface area (Å²) < 4.78 is 0. The van der Waals surface area contributed by atoms with Crippen molar-refractivity contribution in [2.24, 2.45) is 0 Å². The quantitative estimate of drug-likeness (QED) is 0.629. The molecule has 0 radical (unpaired) electrons. The van der Waals surface area contributed by atoms with Crippen LogP contribution in [0.1, 0.15) is 5.69 Å². The van der Waals surface area contributed by atoms with Crippen LogP contribution in [0.25, 0.3) is 0 Å². The van der Waals surface area contributed by atoms with Gasteiger partial charge in [0, 0.05) is 11.8 Å². The fourth-order valence-corrected chi connectivity index (χ4v) is 1.97. The van der Waals surface area contributed by atoms with Crippen molar-refractivity contribution >= 4 is 28.4 Å². The van der Waals surface area contributed by atoms with Gasteiger partial charge in [-0.1, -0.05) is 12.1 Å². The molecule has 5 heteroatoms. The number of benzene rings is 1. The summed E-state index contributed by atoms with van der Waals surface area (Å²) in [6.45, 7) is 0. The van der Waals surface area contributed by atoms with Crippen LogP contribution in [0.5, 0.6) is 5.75 Å². The number of nitrogens with one attached hydrogen (secondary N) is 1. The zero-order valence-corrected chi connectivity index (χ0v) is 9.20. The summed E-state index contributed by atoms with van der Waals surface area (Å²) in [6.07, 6.45) is 1.14. The molecule has 2 N–H and O–H groups in total. The molecule has 2 aromatic rings. The predicted octanol–water partition coefficient (Wildman–Crippen LogP) is 2.33. The number of anilines is 2. The first-order chi connectivity index (χ1) is 7.79. The van der Waals surface area contributed by atoms with E-state index in [1.165, 1.54) is 11.3 Å². The Bertz CT molecular complexity index is 496. The van der Waals surface area contributed by atoms with Crippen LogP contribution < -0.4 is 5.32 Å². The van der Waals surface area contributed by atoms with Crippen LogP contribution in [0.15, 0.2) is 29.6 Å². The molecule has 4 nitrogen and oxygen atoms in total. The van der Waals surface area contributed by atoms with Crippen molar-refractivity contribution in [2.45, 2.75) is 6.42 Å². The monoisotopic (exact) mass is 234 g/mol. The Balaban J connectivity index is 2.14. The van der Waals surface area contributed by atoms with Gasteiger partial charge in [-0.05, 0) is 12.1 Å². The maximum Gasteiger partial charge on any atom is 0.187 e. The lowest BCUT2D eigenvalue weighted by Crippen LogP contribution is -1.91. The second-order valence-electron chi connectivity index (χ2n) is 3.16. The normalized spacial score (nSPS) is 10.0. The number of phenols is 1. The Morgan fingerprint density at radius 2 is 2.25 bits per heavy atom. The summed E-state index contributed by atoms with van der Waals surface area (Å²) in [4.78, 5) is 14.5. The number of carbonyl (C=O) groups excluding carboxylic acids is 1. The van der Waals surface area contributed by atoms with E-state index in [0.717, 1.165) is 12.0 Å². The average Bonchev–Trinajstić information content (AvgIpc) is 2.70. The highest BCUT2D eigenvalue weighted by Gasteiger charge is 2.04. The second kappa shape index (κ2) is 4.76. The summed E-state index contributed by atoms with van der Waals surface area (Å²) in [5.74, 6) is 0.176. The molecule has 0 amide bonds. The zero-order chi connectivity index (χ0) is 11.4. The number of phenolic OH excluding ortho intramolecular Hbond substituents is 1. The Hall–Kier alpha value is -1.88. The van der Waals surface area contributed by atoms with Crippen LogP contribution in [0.3, 0.4) is 0 Å². The third-order valence-electron chi connectivity index (χ3n) is 1.99. The highest BCUT2D eigenvalue weighted by atomic mass is 32.1. The number of carbonyl (C=O) groups is 1. The van der Waals surface area contributed by atoms with Crippen molar-refractivity contribution in [1.29, 1.82) is 0 Å². The minimum Gasteiger partial charge on any atom is -0.506 e. The lowest BCUT2D eigenvalue weighted by molar-refractivity contribution is -0.107. The van der Waals surface area contributed by atoms with Gasteiger partial charge in [0.15, 0.2) is 5.13 Å². The van der Waals surface area contributed by atoms with E-state index in [1.54, 1.807) is 18.2 Å². The molecule has 0 aliphatic rings. The Labute approximate surface area is 96.6 Å². The van der Waals surface area contributed by atoms with Gasteiger partial charge in [0.2, 0.25) is 0 Å². The fourth-order valence-electron chi connectivity index (χ4n) is 1.24. The molecule has 2 rings (SSSR count). The van der Waals surface area contributed by atoms with Gasteiger partial charge in [-0.3, -0.25) is 0 Å². The number of thiazole rings is 1. The Kier molecular flexibility index (Phi) is 3.16. The van der Waals surface area contributed by atoms with E-state index in [4.69, 9.17) is 0 Å². The van der Waals surface area contributed by atoms with Crippen molar-refractivity contribution in [3.8, 4) is 5.75 Å². The SMILES string of the molecule is O=CCc1csc(Nc2ccccc2O)n1. The summed E-state index contributed by atoms with van der Waals surface area (Å²) in [5, 5.41) is 15.0. The van der Waals surface area contributed by atoms with Gasteiger partial charge in [-0.2, -0.15) is 0 Å². The number of aromatic hydroxyl groups is 1. The average molecular weight is 234 g/mol. The summed E-state index contributed by atoms with van der Waals surface area (Å²) in [7, 11) is 0. The molecule has 0 aliphatic carbocycles. The van der Waals surface area contributed by atoms with Gasteiger partial charge in [0.05, 0.1) is 11.4 Å². The topological polar surface area (TPSA) is 62.2 Å². The minimum absolute atomic E-state index is 0.176. The zero-order valence-electron chi connectivity index (χ0n) is 8.38. The number of aromatic nitrogens is 1. The number of nitrogens with zero attached hydrogens (tertiary/aromatic N) is 1. The van der Waals surface area contributed by atoms with E-state index in [9.17, 15) is 9.90 Å². The van der Waals surface area contributed by atoms with Crippen LogP contribution in [0, 0.1) is 0 Å². The maximum absolute atomic E-state index is 10.3. The summed E-state index contributed by atoms with van der Waals surface area (Å²) in [5.41, 5.74) is 1.34. The molecule has 0 saturated carbocycles. The van der Waals surface area contributed by atoms with Crippen molar-refractivity contribution in [3.63, 3.8) is 0 Å². The largest absolute Gasteiger partial charge is 0.506 e. The van der Waals surface area contributed by atoms with Crippen LogP contribution >= 0.6 is 11.3 Å². The fraction of sp³-hybridized carbons (Fsp3) is 0.0909. The van der Waals surface area contributed by atoms with E-state index in [2.05, 4.69) is 10.3 Å². The van der Waals surface area contributed by atoms with Crippen molar-refractivity contribution in [3.05, 3.63) is 35.3 Å². The van der Waals surface area contributed by atoms with Gasteiger partial charge in [-0.25, -0.2) is 4.98 Å². The standard InChI is InChI=1S/C11H10N2O2S/c14-6-5-8-7-16-11(12-8)13-9-3-1-2-4-10(9)15/h1-4,6-7,15H,5H2,(H,12,13). The van der Waals surface area contributed by atoms with Crippen LogP contribution in [0.4, 0.5) is 10.8 Å². The molecule has 0 unspecified atom stereocenters. The lowest BCUT2D eigenvalue weighted by atomic mass is 10.3. The number of hydrogen-bond acceptors (Lipinski definition) is 5. The molecule has 0 atom stereocenters. The molecule has 0 saturated heterocycles. The molecular formula is C11H10N2O2S. The van der Waals surface area contributed by atoms with Crippen molar-refractivity contribution in [1.82, 2.24) is 4.98 Å². The van der Waals surface area contributed by atoms with Crippen LogP contribution in [-0.4, -0.2) is 16.4 Å². The second-order valence-corrected chi connectivity index (χ2v) is 4.02. The van der Waals surface area contributed by atoms with E-state index < -0.39 is 0 Å². The van der Waals surface area contributed by atoms with E-state index >= 15 is 0 Å². The first-order valence-electron chi connectivity index (χ1n) is 4.72. The van der Waals surface area contributed by atoms with Gasteiger partial charge < -0.3 is 15.2 Å². The van der Waals surface area contributed by atoms with Gasteiger partial charge in [0.25, 0.3) is 0 Å². The Morgan fingerprint density at radius 1 is 1.44 bits per heavy atom. The van der Waals surface area contributed by atoms with Crippen LogP contribution in [0.2, 0.25) is 0 Å². The number of para-hydroxylation sites is 2. The maximum atomic E-state index is 10.3. The van der Waals surface area contributed by atoms with Gasteiger partial charge in [-0.15, -0.1) is 11.3 Å². The smallest absolute Gasteiger partial charge is 0.187 e. The van der Waals surface area contributed by atoms with Crippen molar-refractivity contribution in [2.75, 3.05) is 5.32 Å². The highest BCUT2D eigenvalue weighted by Crippen LogP contribution is 2.27. The first-order valence-corrected chi connectivity index (χ1v) is 5.60. The third kappa shape index (κ3) is 2.38. The predicted molar refractivity (Wildman–Crippen MR) is 63.3 cm³/mol. The molecule has 82 valence electrons. The molecule has 1 heterocycles. The van der Waals surface area contributed by atoms with Gasteiger partial charge in [0.1, 0.15) is 12.0 Å². The minimum atomic E-state index is 0.176. The molecule has 0 fully saturated rings. The molecule has 1 aromatic carbocycles. The van der Waals surface area contributed by atoms with E-state index in [1.807, 2.05) is 11.4 Å². The summed E-state index contributed by atoms with van der Waals surface area (Å²) >= 11 is 1.40. The first kappa shape index (κ1) is 10.6. The Morgan fingerprint density at radius 3 is 3.00 bits per heavy atom. The van der Waals surface area contributed by atoms with Crippen molar-refractivity contribution < 1.29 is 9.90 Å².